The topological polar surface area (TPSA) is 77.1 Å². The predicted molar refractivity (Wildman–Crippen MR) is 147 cm³/mol. The zero-order chi connectivity index (χ0) is 26.7. The molecule has 7 nitrogen and oxygen atoms in total. The second-order valence-corrected chi connectivity index (χ2v) is 11.0. The van der Waals surface area contributed by atoms with Gasteiger partial charge in [-0.15, -0.1) is 0 Å². The third kappa shape index (κ3) is 6.89. The molecule has 3 aromatic carbocycles. The number of rotatable bonds is 5. The molecule has 0 aliphatic carbocycles. The first-order valence-corrected chi connectivity index (χ1v) is 13.0. The summed E-state index contributed by atoms with van der Waals surface area (Å²) in [5.41, 5.74) is 1.09. The summed E-state index contributed by atoms with van der Waals surface area (Å²) in [7, 11) is 0. The molecule has 0 spiro atoms. The summed E-state index contributed by atoms with van der Waals surface area (Å²) in [6, 6.07) is 15.5. The van der Waals surface area contributed by atoms with Crippen LogP contribution in [-0.4, -0.2) is 30.8 Å². The van der Waals surface area contributed by atoms with E-state index in [1.54, 1.807) is 36.4 Å². The lowest BCUT2D eigenvalue weighted by molar-refractivity contribution is 0.0567. The summed E-state index contributed by atoms with van der Waals surface area (Å²) in [5, 5.41) is 3.72. The van der Waals surface area contributed by atoms with Crippen LogP contribution in [0, 0.1) is 0 Å². The fraction of sp³-hybridized carbons (Fsp3) is 0.259. The number of ether oxygens (including phenoxy) is 3. The lowest BCUT2D eigenvalue weighted by atomic mass is 10.1. The molecule has 1 aliphatic heterocycles. The average Bonchev–Trinajstić information content (AvgIpc) is 2.84. The maximum absolute atomic E-state index is 13.0. The van der Waals surface area contributed by atoms with E-state index >= 15 is 0 Å². The van der Waals surface area contributed by atoms with Crippen molar-refractivity contribution in [1.82, 2.24) is 5.32 Å². The Morgan fingerprint density at radius 3 is 2.57 bits per heavy atom. The lowest BCUT2D eigenvalue weighted by Crippen LogP contribution is -2.41. The van der Waals surface area contributed by atoms with Crippen molar-refractivity contribution in [2.24, 2.45) is 0 Å². The van der Waals surface area contributed by atoms with Crippen molar-refractivity contribution >= 4 is 56.8 Å². The minimum absolute atomic E-state index is 0.213. The van der Waals surface area contributed by atoms with E-state index in [0.29, 0.717) is 51.7 Å². The molecule has 4 rings (SSSR count). The molecule has 2 amide bonds. The summed E-state index contributed by atoms with van der Waals surface area (Å²) in [6.45, 7) is 6.31. The van der Waals surface area contributed by atoms with Crippen LogP contribution in [0.2, 0.25) is 10.0 Å². The first-order chi connectivity index (χ1) is 17.5. The van der Waals surface area contributed by atoms with Gasteiger partial charge in [0.1, 0.15) is 29.5 Å². The van der Waals surface area contributed by atoms with Crippen LogP contribution >= 0.6 is 39.1 Å². The number of carbonyl (C=O) groups is 2. The fourth-order valence-corrected chi connectivity index (χ4v) is 4.21. The Labute approximate surface area is 233 Å². The van der Waals surface area contributed by atoms with E-state index in [9.17, 15) is 9.59 Å². The van der Waals surface area contributed by atoms with Gasteiger partial charge in [0.2, 0.25) is 0 Å². The van der Waals surface area contributed by atoms with Crippen LogP contribution in [-0.2, 0) is 11.3 Å². The smallest absolute Gasteiger partial charge is 0.415 e. The third-order valence-corrected chi connectivity index (χ3v) is 6.52. The van der Waals surface area contributed by atoms with E-state index in [2.05, 4.69) is 21.2 Å². The number of hydrogen-bond acceptors (Lipinski definition) is 5. The molecule has 0 saturated carbocycles. The minimum atomic E-state index is -0.620. The van der Waals surface area contributed by atoms with E-state index in [1.807, 2.05) is 39.0 Å². The largest absolute Gasteiger partial charge is 0.490 e. The standard InChI is InChI=1S/C27H25BrCl2N2O5/c1-27(2,3)37-26(34)32-10-11-35-24-12-16(5-9-22(24)32)25(33)31-15-17-4-6-18(28)13-23(17)36-19-7-8-20(29)21(30)14-19/h4-9,12-14H,10-11,15H2,1-3H3,(H,31,33). The summed E-state index contributed by atoms with van der Waals surface area (Å²) in [5.74, 6) is 1.21. The highest BCUT2D eigenvalue weighted by atomic mass is 79.9. The third-order valence-electron chi connectivity index (χ3n) is 5.29. The maximum atomic E-state index is 13.0. The number of halogens is 3. The molecule has 10 heteroatoms. The summed E-state index contributed by atoms with van der Waals surface area (Å²) in [4.78, 5) is 27.1. The van der Waals surface area contributed by atoms with Gasteiger partial charge in [0.25, 0.3) is 5.91 Å². The van der Waals surface area contributed by atoms with Crippen LogP contribution in [0.4, 0.5) is 10.5 Å². The Morgan fingerprint density at radius 1 is 1.05 bits per heavy atom. The van der Waals surface area contributed by atoms with Gasteiger partial charge in [0.15, 0.2) is 0 Å². The van der Waals surface area contributed by atoms with Crippen molar-refractivity contribution in [3.63, 3.8) is 0 Å². The van der Waals surface area contributed by atoms with Crippen molar-refractivity contribution in [2.45, 2.75) is 32.9 Å². The van der Waals surface area contributed by atoms with Crippen molar-refractivity contribution in [3.8, 4) is 17.2 Å². The molecule has 1 N–H and O–H groups in total. The first-order valence-electron chi connectivity index (χ1n) is 11.5. The maximum Gasteiger partial charge on any atom is 0.415 e. The van der Waals surface area contributed by atoms with Crippen LogP contribution in [0.25, 0.3) is 0 Å². The second kappa shape index (κ2) is 11.2. The van der Waals surface area contributed by atoms with Crippen LogP contribution < -0.4 is 19.7 Å². The number of hydrogen-bond donors (Lipinski definition) is 1. The van der Waals surface area contributed by atoms with Gasteiger partial charge in [0, 0.05) is 28.2 Å². The van der Waals surface area contributed by atoms with Crippen LogP contribution in [0.1, 0.15) is 36.7 Å². The summed E-state index contributed by atoms with van der Waals surface area (Å²) < 4.78 is 18.1. The van der Waals surface area contributed by atoms with Gasteiger partial charge in [-0.2, -0.15) is 0 Å². The highest BCUT2D eigenvalue weighted by Gasteiger charge is 2.28. The normalized spacial score (nSPS) is 12.9. The first kappa shape index (κ1) is 27.1. The molecule has 0 unspecified atom stereocenters. The van der Waals surface area contributed by atoms with E-state index in [0.717, 1.165) is 10.0 Å². The molecule has 37 heavy (non-hydrogen) atoms. The second-order valence-electron chi connectivity index (χ2n) is 9.28. The zero-order valence-electron chi connectivity index (χ0n) is 20.4. The van der Waals surface area contributed by atoms with Crippen molar-refractivity contribution in [1.29, 1.82) is 0 Å². The van der Waals surface area contributed by atoms with Crippen molar-refractivity contribution in [3.05, 3.63) is 80.2 Å². The number of anilines is 1. The molecule has 1 heterocycles. The van der Waals surface area contributed by atoms with Crippen LogP contribution in [0.15, 0.2) is 59.1 Å². The van der Waals surface area contributed by atoms with Gasteiger partial charge in [-0.3, -0.25) is 9.69 Å². The number of nitrogens with one attached hydrogen (secondary N) is 1. The van der Waals surface area contributed by atoms with Gasteiger partial charge >= 0.3 is 6.09 Å². The molecule has 0 aromatic heterocycles. The SMILES string of the molecule is CC(C)(C)OC(=O)N1CCOc2cc(C(=O)NCc3ccc(Br)cc3Oc3ccc(Cl)c(Cl)c3)ccc21. The molecular weight excluding hydrogens is 583 g/mol. The fourth-order valence-electron chi connectivity index (χ4n) is 3.58. The monoisotopic (exact) mass is 606 g/mol. The molecule has 0 atom stereocenters. The Bertz CT molecular complexity index is 1340. The van der Waals surface area contributed by atoms with E-state index in [1.165, 1.54) is 4.90 Å². The molecule has 0 fully saturated rings. The van der Waals surface area contributed by atoms with Gasteiger partial charge < -0.3 is 19.5 Å². The number of benzene rings is 3. The Kier molecular flexibility index (Phi) is 8.21. The van der Waals surface area contributed by atoms with Crippen LogP contribution in [0.3, 0.4) is 0 Å². The van der Waals surface area contributed by atoms with Crippen LogP contribution in [0.5, 0.6) is 17.2 Å². The molecule has 194 valence electrons. The molecule has 3 aromatic rings. The Hall–Kier alpha value is -2.94. The van der Waals surface area contributed by atoms with E-state index in [-0.39, 0.29) is 12.5 Å². The van der Waals surface area contributed by atoms with Gasteiger partial charge in [0.05, 0.1) is 22.3 Å². The molecular formula is C27H25BrCl2N2O5. The summed E-state index contributed by atoms with van der Waals surface area (Å²) in [6.07, 6.45) is -0.459. The average molecular weight is 608 g/mol. The quantitative estimate of drug-likeness (QED) is 0.323. The van der Waals surface area contributed by atoms with Gasteiger partial charge in [-0.25, -0.2) is 4.79 Å². The number of fused-ring (bicyclic) bond motifs is 1. The lowest BCUT2D eigenvalue weighted by Gasteiger charge is -2.31. The van der Waals surface area contributed by atoms with Crippen molar-refractivity contribution < 1.29 is 23.8 Å². The Balaban J connectivity index is 1.47. The highest BCUT2D eigenvalue weighted by Crippen LogP contribution is 2.35. The number of amides is 2. The van der Waals surface area contributed by atoms with E-state index < -0.39 is 11.7 Å². The Morgan fingerprint density at radius 2 is 1.84 bits per heavy atom. The van der Waals surface area contributed by atoms with Crippen molar-refractivity contribution in [2.75, 3.05) is 18.1 Å². The minimum Gasteiger partial charge on any atom is -0.490 e. The highest BCUT2D eigenvalue weighted by molar-refractivity contribution is 9.10. The number of nitrogens with zero attached hydrogens (tertiary/aromatic N) is 1. The molecule has 0 radical (unpaired) electrons. The summed E-state index contributed by atoms with van der Waals surface area (Å²) >= 11 is 15.6. The van der Waals surface area contributed by atoms with E-state index in [4.69, 9.17) is 37.4 Å². The number of carbonyl (C=O) groups excluding carboxylic acids is 2. The molecule has 1 aliphatic rings. The zero-order valence-corrected chi connectivity index (χ0v) is 23.5. The van der Waals surface area contributed by atoms with Gasteiger partial charge in [-0.05, 0) is 63.2 Å². The van der Waals surface area contributed by atoms with Gasteiger partial charge in [-0.1, -0.05) is 45.2 Å². The molecule has 0 saturated heterocycles. The predicted octanol–water partition coefficient (Wildman–Crippen LogP) is 7.61. The molecule has 0 bridgehead atoms.